The molecule has 200 valence electrons. The summed E-state index contributed by atoms with van der Waals surface area (Å²) in [6.45, 7) is 2.15. The van der Waals surface area contributed by atoms with E-state index in [0.717, 1.165) is 48.6 Å². The molecule has 0 N–H and O–H groups in total. The molecule has 1 saturated heterocycles. The second kappa shape index (κ2) is 11.1. The summed E-state index contributed by atoms with van der Waals surface area (Å²) >= 11 is 0. The third kappa shape index (κ3) is 4.82. The standard InChI is InChI=1S/C32H28FN5O2/c1-39-27-13-12-23(19-28(27)40-21-22-8-4-2-5-9-22)29-30(24-10-11-25(20-34)26(33)18-24)36-32(37-15-6-3-7-16-37)38-17-14-35-31(29)38/h2,4-5,8-14,17-19H,3,6-7,15-16,21H2,1H3. The van der Waals surface area contributed by atoms with E-state index in [1.54, 1.807) is 19.4 Å². The molecule has 7 nitrogen and oxygen atoms in total. The van der Waals surface area contributed by atoms with Crippen molar-refractivity contribution >= 4 is 11.6 Å². The molecule has 0 spiro atoms. The van der Waals surface area contributed by atoms with Crippen LogP contribution >= 0.6 is 0 Å². The Morgan fingerprint density at radius 3 is 2.50 bits per heavy atom. The number of nitrogens with zero attached hydrogens (tertiary/aromatic N) is 5. The molecule has 0 saturated carbocycles. The lowest BCUT2D eigenvalue weighted by Crippen LogP contribution is -2.32. The Morgan fingerprint density at radius 1 is 0.950 bits per heavy atom. The smallest absolute Gasteiger partial charge is 0.211 e. The van der Waals surface area contributed by atoms with Crippen LogP contribution in [0.4, 0.5) is 10.3 Å². The highest BCUT2D eigenvalue weighted by Crippen LogP contribution is 2.40. The fourth-order valence-electron chi connectivity index (χ4n) is 5.19. The van der Waals surface area contributed by atoms with Crippen LogP contribution in [0.2, 0.25) is 0 Å². The first-order chi connectivity index (χ1) is 19.7. The quantitative estimate of drug-likeness (QED) is 0.233. The molecule has 40 heavy (non-hydrogen) atoms. The molecular formula is C32H28FN5O2. The van der Waals surface area contributed by atoms with Crippen molar-refractivity contribution in [1.29, 1.82) is 5.26 Å². The minimum absolute atomic E-state index is 0.00973. The lowest BCUT2D eigenvalue weighted by molar-refractivity contribution is 0.284. The van der Waals surface area contributed by atoms with Gasteiger partial charge in [-0.2, -0.15) is 5.26 Å². The monoisotopic (exact) mass is 533 g/mol. The Labute approximate surface area is 232 Å². The topological polar surface area (TPSA) is 75.7 Å². The Bertz CT molecular complexity index is 1700. The van der Waals surface area contributed by atoms with Gasteiger partial charge in [-0.1, -0.05) is 42.5 Å². The summed E-state index contributed by atoms with van der Waals surface area (Å²) in [5, 5.41) is 9.30. The van der Waals surface area contributed by atoms with Crippen LogP contribution in [0.25, 0.3) is 28.0 Å². The average Bonchev–Trinajstić information content (AvgIpc) is 3.50. The summed E-state index contributed by atoms with van der Waals surface area (Å²) in [5.41, 5.74) is 4.42. The number of aromatic nitrogens is 3. The summed E-state index contributed by atoms with van der Waals surface area (Å²) in [4.78, 5) is 12.1. The van der Waals surface area contributed by atoms with E-state index in [0.29, 0.717) is 35.0 Å². The lowest BCUT2D eigenvalue weighted by atomic mass is 9.98. The number of piperidine rings is 1. The van der Waals surface area contributed by atoms with Crippen LogP contribution in [-0.2, 0) is 6.61 Å². The van der Waals surface area contributed by atoms with Gasteiger partial charge < -0.3 is 14.4 Å². The van der Waals surface area contributed by atoms with Crippen LogP contribution in [0.3, 0.4) is 0 Å². The van der Waals surface area contributed by atoms with E-state index in [1.807, 2.05) is 65.2 Å². The molecule has 1 aliphatic heterocycles. The second-order valence-electron chi connectivity index (χ2n) is 9.75. The van der Waals surface area contributed by atoms with E-state index in [9.17, 15) is 9.65 Å². The predicted octanol–water partition coefficient (Wildman–Crippen LogP) is 6.65. The molecule has 5 aromatic rings. The number of methoxy groups -OCH3 is 1. The van der Waals surface area contributed by atoms with Gasteiger partial charge >= 0.3 is 0 Å². The van der Waals surface area contributed by atoms with Crippen molar-refractivity contribution in [3.63, 3.8) is 0 Å². The first kappa shape index (κ1) is 25.4. The van der Waals surface area contributed by atoms with Gasteiger partial charge in [-0.05, 0) is 54.7 Å². The Hall–Kier alpha value is -4.90. The number of ether oxygens (including phenoxy) is 2. The molecule has 0 atom stereocenters. The molecule has 0 amide bonds. The summed E-state index contributed by atoms with van der Waals surface area (Å²) in [6.07, 6.45) is 7.03. The lowest BCUT2D eigenvalue weighted by Gasteiger charge is -2.29. The molecule has 3 aromatic carbocycles. The number of fused-ring (bicyclic) bond motifs is 1. The minimum Gasteiger partial charge on any atom is -0.493 e. The maximum absolute atomic E-state index is 14.9. The van der Waals surface area contributed by atoms with E-state index in [1.165, 1.54) is 18.6 Å². The van der Waals surface area contributed by atoms with Gasteiger partial charge in [0.15, 0.2) is 11.5 Å². The number of anilines is 1. The van der Waals surface area contributed by atoms with Gasteiger partial charge in [0.25, 0.3) is 0 Å². The van der Waals surface area contributed by atoms with E-state index in [-0.39, 0.29) is 5.56 Å². The molecule has 0 aliphatic carbocycles. The fourth-order valence-corrected chi connectivity index (χ4v) is 5.19. The first-order valence-electron chi connectivity index (χ1n) is 13.3. The molecule has 0 bridgehead atoms. The van der Waals surface area contributed by atoms with Crippen molar-refractivity contribution < 1.29 is 13.9 Å². The van der Waals surface area contributed by atoms with Crippen LogP contribution < -0.4 is 14.4 Å². The van der Waals surface area contributed by atoms with Gasteiger partial charge in [0.2, 0.25) is 5.95 Å². The van der Waals surface area contributed by atoms with E-state index in [2.05, 4.69) is 4.90 Å². The summed E-state index contributed by atoms with van der Waals surface area (Å²) in [6, 6.07) is 22.1. The van der Waals surface area contributed by atoms with Crippen molar-refractivity contribution in [2.75, 3.05) is 25.1 Å². The number of hydrogen-bond donors (Lipinski definition) is 0. The number of imidazole rings is 1. The molecule has 0 radical (unpaired) electrons. The Morgan fingerprint density at radius 2 is 1.75 bits per heavy atom. The van der Waals surface area contributed by atoms with Crippen molar-refractivity contribution in [1.82, 2.24) is 14.4 Å². The molecule has 6 rings (SSSR count). The zero-order valence-electron chi connectivity index (χ0n) is 22.2. The number of halogens is 1. The van der Waals surface area contributed by atoms with E-state index >= 15 is 0 Å². The molecule has 2 aromatic heterocycles. The highest BCUT2D eigenvalue weighted by Gasteiger charge is 2.24. The number of hydrogen-bond acceptors (Lipinski definition) is 6. The normalized spacial score (nSPS) is 13.3. The van der Waals surface area contributed by atoms with Crippen molar-refractivity contribution in [3.8, 4) is 40.0 Å². The van der Waals surface area contributed by atoms with E-state index in [4.69, 9.17) is 19.4 Å². The molecule has 0 unspecified atom stereocenters. The van der Waals surface area contributed by atoms with Gasteiger partial charge in [-0.25, -0.2) is 14.4 Å². The molecule has 1 fully saturated rings. The van der Waals surface area contributed by atoms with Gasteiger partial charge in [0.1, 0.15) is 24.1 Å². The van der Waals surface area contributed by atoms with Gasteiger partial charge in [-0.3, -0.25) is 4.40 Å². The van der Waals surface area contributed by atoms with Crippen LogP contribution in [0, 0.1) is 17.1 Å². The predicted molar refractivity (Wildman–Crippen MR) is 152 cm³/mol. The van der Waals surface area contributed by atoms with Gasteiger partial charge in [-0.15, -0.1) is 0 Å². The summed E-state index contributed by atoms with van der Waals surface area (Å²) < 4.78 is 28.7. The number of benzene rings is 3. The van der Waals surface area contributed by atoms with E-state index < -0.39 is 5.82 Å². The maximum atomic E-state index is 14.9. The molecule has 1 aliphatic rings. The van der Waals surface area contributed by atoms with Crippen LogP contribution in [0.1, 0.15) is 30.4 Å². The third-order valence-electron chi connectivity index (χ3n) is 7.22. The van der Waals surface area contributed by atoms with Gasteiger partial charge in [0, 0.05) is 31.0 Å². The van der Waals surface area contributed by atoms with Crippen LogP contribution in [-0.4, -0.2) is 34.6 Å². The van der Waals surface area contributed by atoms with Crippen molar-refractivity contribution in [2.45, 2.75) is 25.9 Å². The SMILES string of the molecule is COc1ccc(-c2c(-c3ccc(C#N)c(F)c3)nc(N3CCCCC3)n3ccnc23)cc1OCc1ccccc1. The average molecular weight is 534 g/mol. The maximum Gasteiger partial charge on any atom is 0.211 e. The zero-order valence-corrected chi connectivity index (χ0v) is 22.2. The number of rotatable bonds is 7. The fraction of sp³-hybridized carbons (Fsp3) is 0.219. The molecule has 8 heteroatoms. The minimum atomic E-state index is -0.586. The summed E-state index contributed by atoms with van der Waals surface area (Å²) in [7, 11) is 1.61. The Kier molecular flexibility index (Phi) is 7.02. The summed E-state index contributed by atoms with van der Waals surface area (Å²) in [5.74, 6) is 1.36. The first-order valence-corrected chi connectivity index (χ1v) is 13.3. The third-order valence-corrected chi connectivity index (χ3v) is 7.22. The van der Waals surface area contributed by atoms with Crippen LogP contribution in [0.15, 0.2) is 79.1 Å². The van der Waals surface area contributed by atoms with Crippen LogP contribution in [0.5, 0.6) is 11.5 Å². The van der Waals surface area contributed by atoms with Crippen molar-refractivity contribution in [2.24, 2.45) is 0 Å². The zero-order chi connectivity index (χ0) is 27.5. The number of nitriles is 1. The van der Waals surface area contributed by atoms with Gasteiger partial charge in [0.05, 0.1) is 23.9 Å². The highest BCUT2D eigenvalue weighted by molar-refractivity contribution is 5.91. The Balaban J connectivity index is 1.53. The second-order valence-corrected chi connectivity index (χ2v) is 9.75. The molecular weight excluding hydrogens is 505 g/mol. The molecule has 3 heterocycles. The highest BCUT2D eigenvalue weighted by atomic mass is 19.1. The van der Waals surface area contributed by atoms with Crippen molar-refractivity contribution in [3.05, 3.63) is 96.1 Å². The largest absolute Gasteiger partial charge is 0.493 e.